The van der Waals surface area contributed by atoms with Crippen LogP contribution in [0, 0.1) is 13.8 Å². The Kier molecular flexibility index (Phi) is 3.55. The molecule has 2 aromatic heterocycles. The van der Waals surface area contributed by atoms with Crippen LogP contribution in [0.3, 0.4) is 0 Å². The molecule has 0 saturated heterocycles. The number of aryl methyl sites for hydroxylation is 2. The van der Waals surface area contributed by atoms with Crippen molar-refractivity contribution in [1.29, 1.82) is 0 Å². The molecule has 0 fully saturated rings. The standard InChI is InChI=1S/C16H16ClN3O/c1-10-6-11(2)20(19-10)9-13-7-12-4-5-14(21-3)8-15(12)18-16(13)17/h4-8H,9H2,1-3H3. The Bertz CT molecular complexity index is 811. The monoisotopic (exact) mass is 301 g/mol. The van der Waals surface area contributed by atoms with Crippen LogP contribution in [-0.2, 0) is 6.54 Å². The lowest BCUT2D eigenvalue weighted by atomic mass is 10.1. The van der Waals surface area contributed by atoms with Gasteiger partial charge >= 0.3 is 0 Å². The topological polar surface area (TPSA) is 39.9 Å². The molecule has 2 heterocycles. The SMILES string of the molecule is COc1ccc2cc(Cn3nc(C)cc3C)c(Cl)nc2c1. The van der Waals surface area contributed by atoms with Gasteiger partial charge in [-0.2, -0.15) is 5.10 Å². The average molecular weight is 302 g/mol. The zero-order valence-corrected chi connectivity index (χ0v) is 13.0. The quantitative estimate of drug-likeness (QED) is 0.692. The summed E-state index contributed by atoms with van der Waals surface area (Å²) >= 11 is 6.31. The van der Waals surface area contributed by atoms with Gasteiger partial charge in [0.15, 0.2) is 0 Å². The fourth-order valence-corrected chi connectivity index (χ4v) is 2.61. The lowest BCUT2D eigenvalue weighted by Crippen LogP contribution is -2.05. The lowest BCUT2D eigenvalue weighted by Gasteiger charge is -2.09. The maximum atomic E-state index is 6.31. The number of benzene rings is 1. The summed E-state index contributed by atoms with van der Waals surface area (Å²) in [6.07, 6.45) is 0. The van der Waals surface area contributed by atoms with Crippen LogP contribution in [0.5, 0.6) is 5.75 Å². The highest BCUT2D eigenvalue weighted by Gasteiger charge is 2.09. The van der Waals surface area contributed by atoms with Crippen molar-refractivity contribution in [3.63, 3.8) is 0 Å². The van der Waals surface area contributed by atoms with Crippen molar-refractivity contribution in [2.24, 2.45) is 0 Å². The van der Waals surface area contributed by atoms with E-state index >= 15 is 0 Å². The van der Waals surface area contributed by atoms with Crippen LogP contribution in [0.2, 0.25) is 5.15 Å². The molecule has 3 rings (SSSR count). The van der Waals surface area contributed by atoms with Crippen LogP contribution >= 0.6 is 11.6 Å². The summed E-state index contributed by atoms with van der Waals surface area (Å²) < 4.78 is 7.15. The van der Waals surface area contributed by atoms with Gasteiger partial charge in [-0.15, -0.1) is 0 Å². The Hall–Kier alpha value is -2.07. The first kappa shape index (κ1) is 13.9. The molecule has 5 heteroatoms. The van der Waals surface area contributed by atoms with E-state index in [1.807, 2.05) is 42.8 Å². The van der Waals surface area contributed by atoms with Gasteiger partial charge < -0.3 is 4.74 Å². The molecule has 0 spiro atoms. The van der Waals surface area contributed by atoms with Gasteiger partial charge in [0.25, 0.3) is 0 Å². The number of aromatic nitrogens is 3. The molecule has 0 N–H and O–H groups in total. The molecule has 0 aliphatic heterocycles. The zero-order valence-electron chi connectivity index (χ0n) is 12.2. The van der Waals surface area contributed by atoms with E-state index in [1.54, 1.807) is 7.11 Å². The number of hydrogen-bond donors (Lipinski definition) is 0. The highest BCUT2D eigenvalue weighted by atomic mass is 35.5. The number of halogens is 1. The maximum Gasteiger partial charge on any atom is 0.134 e. The Morgan fingerprint density at radius 2 is 2.00 bits per heavy atom. The molecular weight excluding hydrogens is 286 g/mol. The van der Waals surface area contributed by atoms with E-state index in [1.165, 1.54) is 0 Å². The molecule has 1 aromatic carbocycles. The van der Waals surface area contributed by atoms with Gasteiger partial charge in [0, 0.05) is 22.7 Å². The number of methoxy groups -OCH3 is 1. The molecule has 0 atom stereocenters. The molecule has 21 heavy (non-hydrogen) atoms. The van der Waals surface area contributed by atoms with E-state index in [4.69, 9.17) is 16.3 Å². The second-order valence-electron chi connectivity index (χ2n) is 5.08. The second kappa shape index (κ2) is 5.37. The first-order valence-electron chi connectivity index (χ1n) is 6.71. The van der Waals surface area contributed by atoms with Gasteiger partial charge in [-0.3, -0.25) is 4.68 Å². The van der Waals surface area contributed by atoms with Crippen molar-refractivity contribution in [3.8, 4) is 5.75 Å². The predicted octanol–water partition coefficient (Wildman–Crippen LogP) is 3.76. The molecule has 0 bridgehead atoms. The lowest BCUT2D eigenvalue weighted by molar-refractivity contribution is 0.415. The van der Waals surface area contributed by atoms with Crippen LogP contribution in [0.25, 0.3) is 10.9 Å². The Balaban J connectivity index is 2.03. The maximum absolute atomic E-state index is 6.31. The molecule has 0 saturated carbocycles. The molecule has 108 valence electrons. The number of hydrogen-bond acceptors (Lipinski definition) is 3. The van der Waals surface area contributed by atoms with E-state index in [0.717, 1.165) is 33.6 Å². The van der Waals surface area contributed by atoms with Gasteiger partial charge in [0.05, 0.1) is 24.9 Å². The summed E-state index contributed by atoms with van der Waals surface area (Å²) in [4.78, 5) is 4.46. The first-order chi connectivity index (χ1) is 10.1. The van der Waals surface area contributed by atoms with E-state index in [-0.39, 0.29) is 0 Å². The summed E-state index contributed by atoms with van der Waals surface area (Å²) in [5.41, 5.74) is 3.90. The van der Waals surface area contributed by atoms with Gasteiger partial charge in [-0.1, -0.05) is 11.6 Å². The van der Waals surface area contributed by atoms with Crippen molar-refractivity contribution in [2.45, 2.75) is 20.4 Å². The molecule has 4 nitrogen and oxygen atoms in total. The minimum atomic E-state index is 0.503. The first-order valence-corrected chi connectivity index (χ1v) is 7.09. The fraction of sp³-hybridized carbons (Fsp3) is 0.250. The third-order valence-electron chi connectivity index (χ3n) is 3.47. The third kappa shape index (κ3) is 2.72. The van der Waals surface area contributed by atoms with Crippen LogP contribution in [0.15, 0.2) is 30.3 Å². The van der Waals surface area contributed by atoms with Gasteiger partial charge in [0.2, 0.25) is 0 Å². The summed E-state index contributed by atoms with van der Waals surface area (Å²) in [6, 6.07) is 9.90. The fourth-order valence-electron chi connectivity index (χ4n) is 2.40. The van der Waals surface area contributed by atoms with Crippen LogP contribution in [0.1, 0.15) is 17.0 Å². The molecule has 0 amide bonds. The molecular formula is C16H16ClN3O. The van der Waals surface area contributed by atoms with Gasteiger partial charge in [-0.05, 0) is 38.1 Å². The van der Waals surface area contributed by atoms with Crippen molar-refractivity contribution in [2.75, 3.05) is 7.11 Å². The zero-order chi connectivity index (χ0) is 15.0. The van der Waals surface area contributed by atoms with Crippen molar-refractivity contribution in [3.05, 3.63) is 52.4 Å². The highest BCUT2D eigenvalue weighted by molar-refractivity contribution is 6.30. The summed E-state index contributed by atoms with van der Waals surface area (Å²) in [6.45, 7) is 4.64. The molecule has 0 unspecified atom stereocenters. The number of rotatable bonds is 3. The van der Waals surface area contributed by atoms with E-state index in [0.29, 0.717) is 11.7 Å². The van der Waals surface area contributed by atoms with Crippen LogP contribution in [-0.4, -0.2) is 21.9 Å². The number of fused-ring (bicyclic) bond motifs is 1. The Morgan fingerprint density at radius 1 is 1.19 bits per heavy atom. The van der Waals surface area contributed by atoms with E-state index < -0.39 is 0 Å². The van der Waals surface area contributed by atoms with Crippen LogP contribution < -0.4 is 4.74 Å². The number of nitrogens with zero attached hydrogens (tertiary/aromatic N) is 3. The normalized spacial score (nSPS) is 11.0. The van der Waals surface area contributed by atoms with Gasteiger partial charge in [0.1, 0.15) is 10.9 Å². The minimum Gasteiger partial charge on any atom is -0.497 e. The Morgan fingerprint density at radius 3 is 2.67 bits per heavy atom. The average Bonchev–Trinajstić information content (AvgIpc) is 2.77. The second-order valence-corrected chi connectivity index (χ2v) is 5.44. The predicted molar refractivity (Wildman–Crippen MR) is 84.1 cm³/mol. The summed E-state index contributed by atoms with van der Waals surface area (Å²) in [5.74, 6) is 0.775. The van der Waals surface area contributed by atoms with Crippen LogP contribution in [0.4, 0.5) is 0 Å². The van der Waals surface area contributed by atoms with E-state index in [9.17, 15) is 0 Å². The van der Waals surface area contributed by atoms with E-state index in [2.05, 4.69) is 16.1 Å². The molecule has 0 aliphatic carbocycles. The van der Waals surface area contributed by atoms with Crippen molar-refractivity contribution < 1.29 is 4.74 Å². The number of pyridine rings is 1. The Labute approximate surface area is 128 Å². The summed E-state index contributed by atoms with van der Waals surface area (Å²) in [5, 5.41) is 6.01. The smallest absolute Gasteiger partial charge is 0.134 e. The van der Waals surface area contributed by atoms with Crippen molar-refractivity contribution >= 4 is 22.5 Å². The minimum absolute atomic E-state index is 0.503. The molecule has 0 radical (unpaired) electrons. The number of ether oxygens (including phenoxy) is 1. The molecule has 3 aromatic rings. The summed E-state index contributed by atoms with van der Waals surface area (Å²) in [7, 11) is 1.64. The van der Waals surface area contributed by atoms with Crippen molar-refractivity contribution in [1.82, 2.24) is 14.8 Å². The highest BCUT2D eigenvalue weighted by Crippen LogP contribution is 2.25. The van der Waals surface area contributed by atoms with Gasteiger partial charge in [-0.25, -0.2) is 4.98 Å². The molecule has 0 aliphatic rings. The largest absolute Gasteiger partial charge is 0.497 e. The third-order valence-corrected chi connectivity index (χ3v) is 3.80.